The van der Waals surface area contributed by atoms with Crippen molar-refractivity contribution in [2.45, 2.75) is 88.6 Å². The molecule has 1 aliphatic rings. The van der Waals surface area contributed by atoms with Crippen LogP contribution in [0.3, 0.4) is 0 Å². The number of carbonyl (C=O) groups excluding carboxylic acids is 3. The van der Waals surface area contributed by atoms with Crippen molar-refractivity contribution in [2.24, 2.45) is 17.2 Å². The number of nitrogens with one attached hydrogen (secondary N) is 2. The lowest BCUT2D eigenvalue weighted by molar-refractivity contribution is -0.149. The second kappa shape index (κ2) is 14.8. The maximum Gasteiger partial charge on any atom is 0.326 e. The Balaban J connectivity index is 2.89. The van der Waals surface area contributed by atoms with E-state index in [0.717, 1.165) is 0 Å². The van der Waals surface area contributed by atoms with Crippen LogP contribution in [0.2, 0.25) is 0 Å². The molecule has 0 aromatic carbocycles. The third-order valence-corrected chi connectivity index (χ3v) is 5.75. The van der Waals surface area contributed by atoms with Gasteiger partial charge in [0.05, 0.1) is 12.1 Å². The van der Waals surface area contributed by atoms with Crippen molar-refractivity contribution in [2.75, 3.05) is 19.6 Å². The first-order valence-electron chi connectivity index (χ1n) is 11.6. The van der Waals surface area contributed by atoms with Crippen LogP contribution < -0.4 is 27.8 Å². The van der Waals surface area contributed by atoms with Crippen LogP contribution in [0.4, 0.5) is 0 Å². The van der Waals surface area contributed by atoms with Gasteiger partial charge in [0.2, 0.25) is 17.7 Å². The fraction of sp³-hybridized carbons (Fsp3) is 0.810. The highest BCUT2D eigenvalue weighted by Crippen LogP contribution is 2.20. The number of rotatable bonds is 15. The van der Waals surface area contributed by atoms with Gasteiger partial charge < -0.3 is 42.9 Å². The van der Waals surface area contributed by atoms with E-state index in [4.69, 9.17) is 17.2 Å². The highest BCUT2D eigenvalue weighted by atomic mass is 16.4. The first-order valence-corrected chi connectivity index (χ1v) is 11.6. The number of aliphatic hydroxyl groups excluding tert-OH is 1. The average molecular weight is 473 g/mol. The third-order valence-electron chi connectivity index (χ3n) is 5.75. The summed E-state index contributed by atoms with van der Waals surface area (Å²) >= 11 is 0. The van der Waals surface area contributed by atoms with Crippen molar-refractivity contribution in [3.05, 3.63) is 0 Å². The molecule has 1 saturated heterocycles. The SMILES string of the molecule is CC(O)C(NC(=O)C(N)CCCCN)C(=O)NC(CCCCN)C(=O)N1CCCC1C(=O)O. The molecule has 12 nitrogen and oxygen atoms in total. The summed E-state index contributed by atoms with van der Waals surface area (Å²) < 4.78 is 0. The minimum absolute atomic E-state index is 0.254. The van der Waals surface area contributed by atoms with Gasteiger partial charge in [-0.2, -0.15) is 0 Å². The molecule has 1 heterocycles. The van der Waals surface area contributed by atoms with Crippen LogP contribution in [-0.2, 0) is 19.2 Å². The Morgan fingerprint density at radius 3 is 2.15 bits per heavy atom. The molecule has 33 heavy (non-hydrogen) atoms. The smallest absolute Gasteiger partial charge is 0.326 e. The number of carboxylic acids is 1. The lowest BCUT2D eigenvalue weighted by atomic mass is 10.0. The molecule has 0 aliphatic carbocycles. The Morgan fingerprint density at radius 2 is 1.61 bits per heavy atom. The van der Waals surface area contributed by atoms with Crippen LogP contribution in [-0.4, -0.2) is 88.7 Å². The second-order valence-corrected chi connectivity index (χ2v) is 8.49. The Bertz CT molecular complexity index is 661. The van der Waals surface area contributed by atoms with E-state index in [2.05, 4.69) is 10.6 Å². The largest absolute Gasteiger partial charge is 0.480 e. The van der Waals surface area contributed by atoms with Crippen molar-refractivity contribution in [3.63, 3.8) is 0 Å². The maximum absolute atomic E-state index is 13.1. The van der Waals surface area contributed by atoms with Crippen molar-refractivity contribution < 1.29 is 29.4 Å². The Labute approximate surface area is 194 Å². The van der Waals surface area contributed by atoms with Crippen molar-refractivity contribution in [1.82, 2.24) is 15.5 Å². The number of aliphatic hydroxyl groups is 1. The van der Waals surface area contributed by atoms with Gasteiger partial charge in [-0.25, -0.2) is 4.79 Å². The number of unbranched alkanes of at least 4 members (excludes halogenated alkanes) is 2. The van der Waals surface area contributed by atoms with Gasteiger partial charge >= 0.3 is 5.97 Å². The predicted molar refractivity (Wildman–Crippen MR) is 122 cm³/mol. The number of carboxylic acid groups (broad SMARTS) is 1. The van der Waals surface area contributed by atoms with Crippen LogP contribution in [0, 0.1) is 0 Å². The molecule has 12 heteroatoms. The molecule has 0 aromatic heterocycles. The Hall–Kier alpha value is -2.28. The van der Waals surface area contributed by atoms with Crippen LogP contribution in [0.1, 0.15) is 58.3 Å². The summed E-state index contributed by atoms with van der Waals surface area (Å²) in [5.41, 5.74) is 16.8. The van der Waals surface area contributed by atoms with E-state index in [1.165, 1.54) is 11.8 Å². The summed E-state index contributed by atoms with van der Waals surface area (Å²) in [7, 11) is 0. The van der Waals surface area contributed by atoms with Gasteiger partial charge in [0.15, 0.2) is 0 Å². The number of carbonyl (C=O) groups is 4. The number of amides is 3. The number of hydrogen-bond donors (Lipinski definition) is 7. The maximum atomic E-state index is 13.1. The molecule has 0 bridgehead atoms. The van der Waals surface area contributed by atoms with Gasteiger partial charge in [0.25, 0.3) is 0 Å². The summed E-state index contributed by atoms with van der Waals surface area (Å²) in [5.74, 6) is -2.93. The molecule has 1 rings (SSSR count). The first-order chi connectivity index (χ1) is 15.6. The molecule has 10 N–H and O–H groups in total. The van der Waals surface area contributed by atoms with Crippen molar-refractivity contribution in [1.29, 1.82) is 0 Å². The Morgan fingerprint density at radius 1 is 1.00 bits per heavy atom. The quantitative estimate of drug-likeness (QED) is 0.131. The topological polar surface area (TPSA) is 214 Å². The van der Waals surface area contributed by atoms with Crippen LogP contribution in [0.25, 0.3) is 0 Å². The minimum Gasteiger partial charge on any atom is -0.480 e. The number of nitrogens with zero attached hydrogens (tertiary/aromatic N) is 1. The van der Waals surface area contributed by atoms with Gasteiger partial charge in [-0.1, -0.05) is 6.42 Å². The Kier molecular flexibility index (Phi) is 12.9. The molecule has 1 aliphatic heterocycles. The molecule has 0 spiro atoms. The highest BCUT2D eigenvalue weighted by Gasteiger charge is 2.38. The fourth-order valence-corrected chi connectivity index (χ4v) is 3.80. The second-order valence-electron chi connectivity index (χ2n) is 8.49. The van der Waals surface area contributed by atoms with Crippen LogP contribution >= 0.6 is 0 Å². The summed E-state index contributed by atoms with van der Waals surface area (Å²) in [4.78, 5) is 51.2. The van der Waals surface area contributed by atoms with Gasteiger partial charge in [-0.3, -0.25) is 14.4 Å². The molecule has 0 radical (unpaired) electrons. The van der Waals surface area contributed by atoms with Gasteiger partial charge in [0, 0.05) is 6.54 Å². The van der Waals surface area contributed by atoms with E-state index in [-0.39, 0.29) is 13.0 Å². The molecule has 1 fully saturated rings. The van der Waals surface area contributed by atoms with Crippen molar-refractivity contribution in [3.8, 4) is 0 Å². The molecule has 5 atom stereocenters. The van der Waals surface area contributed by atoms with Gasteiger partial charge in [-0.15, -0.1) is 0 Å². The van der Waals surface area contributed by atoms with E-state index in [9.17, 15) is 29.4 Å². The number of hydrogen-bond acceptors (Lipinski definition) is 8. The van der Waals surface area contributed by atoms with E-state index in [1.54, 1.807) is 0 Å². The molecule has 3 amide bonds. The van der Waals surface area contributed by atoms with Crippen molar-refractivity contribution >= 4 is 23.7 Å². The van der Waals surface area contributed by atoms with E-state index < -0.39 is 54.0 Å². The van der Waals surface area contributed by atoms with Crippen LogP contribution in [0.15, 0.2) is 0 Å². The molecule has 5 unspecified atom stereocenters. The zero-order valence-electron chi connectivity index (χ0n) is 19.4. The van der Waals surface area contributed by atoms with E-state index >= 15 is 0 Å². The van der Waals surface area contributed by atoms with Crippen LogP contribution in [0.5, 0.6) is 0 Å². The summed E-state index contributed by atoms with van der Waals surface area (Å²) in [5, 5.41) is 24.5. The molecule has 0 saturated carbocycles. The van der Waals surface area contributed by atoms with Gasteiger partial charge in [-0.05, 0) is 65.0 Å². The first kappa shape index (κ1) is 28.8. The highest BCUT2D eigenvalue weighted by molar-refractivity contribution is 5.94. The zero-order chi connectivity index (χ0) is 25.0. The molecule has 190 valence electrons. The number of aliphatic carboxylic acids is 1. The molecule has 0 aromatic rings. The predicted octanol–water partition coefficient (Wildman–Crippen LogP) is -2.00. The lowest BCUT2D eigenvalue weighted by Crippen LogP contribution is -2.59. The summed E-state index contributed by atoms with van der Waals surface area (Å²) in [6, 6.07) is -4.13. The number of nitrogens with two attached hydrogens (primary N) is 3. The summed E-state index contributed by atoms with van der Waals surface area (Å²) in [6.07, 6.45) is 2.80. The normalized spacial score (nSPS) is 19.4. The van der Waals surface area contributed by atoms with E-state index in [0.29, 0.717) is 58.0 Å². The monoisotopic (exact) mass is 472 g/mol. The number of likely N-dealkylation sites (tertiary alicyclic amines) is 1. The zero-order valence-corrected chi connectivity index (χ0v) is 19.4. The lowest BCUT2D eigenvalue weighted by Gasteiger charge is -2.29. The standard InChI is InChI=1S/C21H40N6O6/c1-13(28)17(26-18(29)14(24)7-2-4-10-22)19(30)25-15(8-3-5-11-23)20(31)27-12-6-9-16(27)21(32)33/h13-17,28H,2-12,22-24H2,1H3,(H,25,30)(H,26,29)(H,32,33). The molecular formula is C21H40N6O6. The third kappa shape index (κ3) is 9.24. The van der Waals surface area contributed by atoms with E-state index in [1.807, 2.05) is 0 Å². The average Bonchev–Trinajstić information content (AvgIpc) is 3.26. The minimum atomic E-state index is -1.32. The fourth-order valence-electron chi connectivity index (χ4n) is 3.80. The van der Waals surface area contributed by atoms with Gasteiger partial charge in [0.1, 0.15) is 18.1 Å². The summed E-state index contributed by atoms with van der Waals surface area (Å²) in [6.45, 7) is 2.51. The molecular weight excluding hydrogens is 432 g/mol.